The summed E-state index contributed by atoms with van der Waals surface area (Å²) in [5, 5.41) is 0. The van der Waals surface area contributed by atoms with Crippen molar-refractivity contribution in [3.8, 4) is 0 Å². The number of methoxy groups -OCH3 is 1. The molecule has 0 bridgehead atoms. The molecule has 2 aliphatic rings. The maximum atomic E-state index is 14.6. The summed E-state index contributed by atoms with van der Waals surface area (Å²) in [7, 11) is 1.61. The van der Waals surface area contributed by atoms with Crippen molar-refractivity contribution in [3.05, 3.63) is 36.0 Å². The molecule has 1 spiro atoms. The molecule has 2 fully saturated rings. The molecule has 2 aromatic rings. The van der Waals surface area contributed by atoms with Gasteiger partial charge < -0.3 is 14.5 Å². The Labute approximate surface area is 156 Å². The van der Waals surface area contributed by atoms with Gasteiger partial charge in [0.05, 0.1) is 12.0 Å². The van der Waals surface area contributed by atoms with E-state index in [-0.39, 0.29) is 11.6 Å². The predicted molar refractivity (Wildman–Crippen MR) is 95.8 cm³/mol. The third-order valence-electron chi connectivity index (χ3n) is 5.70. The summed E-state index contributed by atoms with van der Waals surface area (Å²) in [6.07, 6.45) is 3.81. The molecule has 144 valence electrons. The van der Waals surface area contributed by atoms with E-state index in [2.05, 4.69) is 4.98 Å². The molecule has 0 radical (unpaired) electrons. The Kier molecular flexibility index (Phi) is 4.59. The van der Waals surface area contributed by atoms with Crippen molar-refractivity contribution in [1.29, 1.82) is 0 Å². The van der Waals surface area contributed by atoms with Crippen molar-refractivity contribution >= 4 is 17.5 Å². The number of fused-ring (bicyclic) bond motifs is 1. The lowest BCUT2D eigenvalue weighted by atomic mass is 9.78. The standard InChI is InChI=1S/C19H23FN4O3/c1-27-12-11-22-8-4-6-19(18(22)26)7-10-23(13-19)17(25)15-16(20)24-9-3-2-5-14(24)21-15/h2-3,5,9H,4,6-8,10-13H2,1H3. The van der Waals surface area contributed by atoms with E-state index in [0.29, 0.717) is 38.3 Å². The van der Waals surface area contributed by atoms with Gasteiger partial charge in [-0.05, 0) is 31.4 Å². The van der Waals surface area contributed by atoms with Gasteiger partial charge in [-0.3, -0.25) is 14.0 Å². The van der Waals surface area contributed by atoms with Gasteiger partial charge in [0.15, 0.2) is 5.69 Å². The smallest absolute Gasteiger partial charge is 0.277 e. The number of likely N-dealkylation sites (tertiary alicyclic amines) is 2. The molecule has 2 saturated heterocycles. The van der Waals surface area contributed by atoms with Crippen LogP contribution in [0.15, 0.2) is 24.4 Å². The summed E-state index contributed by atoms with van der Waals surface area (Å²) >= 11 is 0. The summed E-state index contributed by atoms with van der Waals surface area (Å²) in [5.74, 6) is -1.03. The number of ether oxygens (including phenoxy) is 1. The van der Waals surface area contributed by atoms with Crippen molar-refractivity contribution in [3.63, 3.8) is 0 Å². The maximum Gasteiger partial charge on any atom is 0.277 e. The number of amides is 2. The third-order valence-corrected chi connectivity index (χ3v) is 5.70. The second-order valence-electron chi connectivity index (χ2n) is 7.33. The predicted octanol–water partition coefficient (Wildman–Crippen LogP) is 1.57. The van der Waals surface area contributed by atoms with Gasteiger partial charge in [0.2, 0.25) is 11.9 Å². The lowest BCUT2D eigenvalue weighted by Crippen LogP contribution is -2.51. The van der Waals surface area contributed by atoms with Crippen LogP contribution in [0.2, 0.25) is 0 Å². The summed E-state index contributed by atoms with van der Waals surface area (Å²) in [4.78, 5) is 33.4. The van der Waals surface area contributed by atoms with Crippen molar-refractivity contribution in [1.82, 2.24) is 19.2 Å². The van der Waals surface area contributed by atoms with E-state index in [4.69, 9.17) is 4.74 Å². The van der Waals surface area contributed by atoms with Crippen LogP contribution in [0.4, 0.5) is 4.39 Å². The van der Waals surface area contributed by atoms with Crippen LogP contribution in [0.25, 0.3) is 5.65 Å². The average Bonchev–Trinajstić information content (AvgIpc) is 3.26. The Morgan fingerprint density at radius 2 is 2.19 bits per heavy atom. The van der Waals surface area contributed by atoms with Gasteiger partial charge in [0.25, 0.3) is 5.91 Å². The van der Waals surface area contributed by atoms with Crippen molar-refractivity contribution in [2.45, 2.75) is 19.3 Å². The number of halogens is 1. The normalized spacial score (nSPS) is 23.0. The Bertz CT molecular complexity index is 883. The molecule has 1 unspecified atom stereocenters. The van der Waals surface area contributed by atoms with Gasteiger partial charge in [-0.1, -0.05) is 6.07 Å². The quantitative estimate of drug-likeness (QED) is 0.815. The average molecular weight is 374 g/mol. The minimum atomic E-state index is -0.659. The topological polar surface area (TPSA) is 67.2 Å². The van der Waals surface area contributed by atoms with E-state index in [1.165, 1.54) is 10.6 Å². The van der Waals surface area contributed by atoms with Gasteiger partial charge in [0, 0.05) is 39.5 Å². The lowest BCUT2D eigenvalue weighted by Gasteiger charge is -2.39. The van der Waals surface area contributed by atoms with Crippen molar-refractivity contribution in [2.24, 2.45) is 5.41 Å². The van der Waals surface area contributed by atoms with Gasteiger partial charge in [-0.25, -0.2) is 4.98 Å². The molecule has 0 saturated carbocycles. The van der Waals surface area contributed by atoms with E-state index in [0.717, 1.165) is 19.4 Å². The van der Waals surface area contributed by atoms with Gasteiger partial charge in [-0.15, -0.1) is 0 Å². The van der Waals surface area contributed by atoms with Gasteiger partial charge in [0.1, 0.15) is 5.65 Å². The highest BCUT2D eigenvalue weighted by Crippen LogP contribution is 2.40. The fourth-order valence-electron chi connectivity index (χ4n) is 4.24. The zero-order valence-electron chi connectivity index (χ0n) is 15.4. The molecule has 2 amide bonds. The van der Waals surface area contributed by atoms with E-state index in [1.807, 2.05) is 4.90 Å². The molecule has 27 heavy (non-hydrogen) atoms. The van der Waals surface area contributed by atoms with E-state index < -0.39 is 17.3 Å². The molecule has 2 aliphatic heterocycles. The fraction of sp³-hybridized carbons (Fsp3) is 0.526. The minimum absolute atomic E-state index is 0.0802. The van der Waals surface area contributed by atoms with Crippen LogP contribution in [0, 0.1) is 11.4 Å². The Balaban J connectivity index is 1.54. The zero-order chi connectivity index (χ0) is 19.0. The highest BCUT2D eigenvalue weighted by atomic mass is 19.1. The zero-order valence-corrected chi connectivity index (χ0v) is 15.4. The maximum absolute atomic E-state index is 14.6. The first-order valence-corrected chi connectivity index (χ1v) is 9.26. The molecule has 0 aliphatic carbocycles. The van der Waals surface area contributed by atoms with Crippen LogP contribution in [0.1, 0.15) is 29.8 Å². The summed E-state index contributed by atoms with van der Waals surface area (Å²) in [6, 6.07) is 5.09. The molecule has 2 aromatic heterocycles. The number of imidazole rings is 1. The number of carbonyl (C=O) groups excluding carboxylic acids is 2. The van der Waals surface area contributed by atoms with Gasteiger partial charge in [-0.2, -0.15) is 4.39 Å². The van der Waals surface area contributed by atoms with Crippen LogP contribution < -0.4 is 0 Å². The van der Waals surface area contributed by atoms with E-state index in [9.17, 15) is 14.0 Å². The highest BCUT2D eigenvalue weighted by molar-refractivity contribution is 5.94. The van der Waals surface area contributed by atoms with E-state index in [1.54, 1.807) is 30.2 Å². The molecule has 7 nitrogen and oxygen atoms in total. The Morgan fingerprint density at radius 3 is 2.96 bits per heavy atom. The highest BCUT2D eigenvalue weighted by Gasteiger charge is 2.49. The monoisotopic (exact) mass is 374 g/mol. The molecule has 0 N–H and O–H groups in total. The van der Waals surface area contributed by atoms with Crippen LogP contribution in [0.5, 0.6) is 0 Å². The Hall–Kier alpha value is -2.48. The number of nitrogens with zero attached hydrogens (tertiary/aromatic N) is 4. The molecule has 8 heteroatoms. The lowest BCUT2D eigenvalue weighted by molar-refractivity contribution is -0.146. The third kappa shape index (κ3) is 2.97. The number of rotatable bonds is 4. The molecule has 4 heterocycles. The summed E-state index contributed by atoms with van der Waals surface area (Å²) < 4.78 is 21.0. The first-order chi connectivity index (χ1) is 13.1. The fourth-order valence-corrected chi connectivity index (χ4v) is 4.24. The molecule has 4 rings (SSSR count). The van der Waals surface area contributed by atoms with Crippen LogP contribution >= 0.6 is 0 Å². The van der Waals surface area contributed by atoms with Crippen LogP contribution in [-0.4, -0.2) is 70.9 Å². The molecule has 1 atom stereocenters. The second kappa shape index (κ2) is 6.92. The number of aromatic nitrogens is 2. The first kappa shape index (κ1) is 17.9. The largest absolute Gasteiger partial charge is 0.383 e. The van der Waals surface area contributed by atoms with Crippen LogP contribution in [0.3, 0.4) is 0 Å². The first-order valence-electron chi connectivity index (χ1n) is 9.26. The minimum Gasteiger partial charge on any atom is -0.383 e. The van der Waals surface area contributed by atoms with E-state index >= 15 is 0 Å². The second-order valence-corrected chi connectivity index (χ2v) is 7.33. The molecular weight excluding hydrogens is 351 g/mol. The number of hydrogen-bond acceptors (Lipinski definition) is 4. The SMILES string of the molecule is COCCN1CCCC2(CCN(C(=O)c3nc4ccccn4c3F)C2)C1=O. The number of carbonyl (C=O) groups is 2. The van der Waals surface area contributed by atoms with Crippen LogP contribution in [-0.2, 0) is 9.53 Å². The molecular formula is C19H23FN4O3. The van der Waals surface area contributed by atoms with Gasteiger partial charge >= 0.3 is 0 Å². The summed E-state index contributed by atoms with van der Waals surface area (Å²) in [5.41, 5.74) is -0.346. The molecule has 0 aromatic carbocycles. The number of pyridine rings is 1. The number of hydrogen-bond donors (Lipinski definition) is 0. The van der Waals surface area contributed by atoms with Crippen molar-refractivity contribution in [2.75, 3.05) is 39.9 Å². The summed E-state index contributed by atoms with van der Waals surface area (Å²) in [6.45, 7) is 2.54. The van der Waals surface area contributed by atoms with Crippen molar-refractivity contribution < 1.29 is 18.7 Å². The Morgan fingerprint density at radius 1 is 1.33 bits per heavy atom. The number of piperidine rings is 1.